The average molecular weight is 221 g/mol. The molecule has 1 aromatic carbocycles. The predicted molar refractivity (Wildman–Crippen MR) is 63.9 cm³/mol. The van der Waals surface area contributed by atoms with Crippen LogP contribution < -0.4 is 0 Å². The van der Waals surface area contributed by atoms with E-state index in [1.807, 2.05) is 42.6 Å². The summed E-state index contributed by atoms with van der Waals surface area (Å²) in [6.07, 6.45) is 1.83. The molecule has 0 radical (unpaired) electrons. The van der Waals surface area contributed by atoms with Gasteiger partial charge in [0.15, 0.2) is 0 Å². The highest BCUT2D eigenvalue weighted by Gasteiger charge is 2.12. The monoisotopic (exact) mass is 221 g/mol. The fourth-order valence-corrected chi connectivity index (χ4v) is 1.78. The van der Waals surface area contributed by atoms with Crippen molar-refractivity contribution in [2.75, 3.05) is 0 Å². The van der Waals surface area contributed by atoms with Crippen LogP contribution >= 0.6 is 0 Å². The Hall–Kier alpha value is -2.52. The maximum atomic E-state index is 9.20. The van der Waals surface area contributed by atoms with Gasteiger partial charge in [-0.3, -0.25) is 0 Å². The molecule has 0 aliphatic heterocycles. The van der Waals surface area contributed by atoms with Gasteiger partial charge in [0.05, 0.1) is 12.0 Å². The molecule has 0 aliphatic rings. The number of rotatable bonds is 3. The van der Waals surface area contributed by atoms with E-state index in [1.54, 1.807) is 10.6 Å². The Labute approximate surface area is 100 Å². The second-order valence-electron chi connectivity index (χ2n) is 3.75. The van der Waals surface area contributed by atoms with Crippen LogP contribution in [0.4, 0.5) is 0 Å². The van der Waals surface area contributed by atoms with Gasteiger partial charge in [-0.05, 0) is 17.7 Å². The van der Waals surface area contributed by atoms with Crippen molar-refractivity contribution in [2.45, 2.75) is 12.5 Å². The van der Waals surface area contributed by atoms with Crippen molar-refractivity contribution >= 4 is 0 Å². The highest BCUT2D eigenvalue weighted by molar-refractivity contribution is 5.27. The van der Waals surface area contributed by atoms with Crippen LogP contribution in [0.15, 0.2) is 48.7 Å². The van der Waals surface area contributed by atoms with Crippen LogP contribution in [0.5, 0.6) is 0 Å². The quantitative estimate of drug-likeness (QED) is 0.800. The first-order valence-electron chi connectivity index (χ1n) is 5.35. The molecule has 0 amide bonds. The zero-order valence-electron chi connectivity index (χ0n) is 9.24. The molecule has 3 nitrogen and oxygen atoms in total. The third kappa shape index (κ3) is 2.35. The first-order chi connectivity index (χ1) is 8.35. The van der Waals surface area contributed by atoms with E-state index >= 15 is 0 Å². The molecule has 0 saturated heterocycles. The standard InChI is InChI=1S/C14H11N3/c15-9-13(12-5-2-1-3-6-12)11-17-8-4-7-14(17)10-16/h1-8,13H,11H2. The van der Waals surface area contributed by atoms with Gasteiger partial charge in [-0.1, -0.05) is 30.3 Å². The minimum absolute atomic E-state index is 0.226. The second kappa shape index (κ2) is 5.01. The summed E-state index contributed by atoms with van der Waals surface area (Å²) in [6, 6.07) is 17.6. The van der Waals surface area contributed by atoms with Crippen molar-refractivity contribution in [1.82, 2.24) is 4.57 Å². The number of aromatic nitrogens is 1. The maximum Gasteiger partial charge on any atom is 0.120 e. The summed E-state index contributed by atoms with van der Waals surface area (Å²) in [7, 11) is 0. The SMILES string of the molecule is N#Cc1cccn1CC(C#N)c1ccccc1. The fourth-order valence-electron chi connectivity index (χ4n) is 1.78. The topological polar surface area (TPSA) is 52.5 Å². The number of hydrogen-bond donors (Lipinski definition) is 0. The van der Waals surface area contributed by atoms with E-state index in [-0.39, 0.29) is 5.92 Å². The molecule has 17 heavy (non-hydrogen) atoms. The minimum atomic E-state index is -0.226. The Morgan fingerprint density at radius 1 is 1.06 bits per heavy atom. The van der Waals surface area contributed by atoms with E-state index in [9.17, 15) is 5.26 Å². The van der Waals surface area contributed by atoms with Crippen LogP contribution in [-0.2, 0) is 6.54 Å². The molecular weight excluding hydrogens is 210 g/mol. The highest BCUT2D eigenvalue weighted by atomic mass is 15.0. The Bertz CT molecular complexity index is 570. The molecule has 1 unspecified atom stereocenters. The van der Waals surface area contributed by atoms with E-state index in [2.05, 4.69) is 12.1 Å². The summed E-state index contributed by atoms with van der Waals surface area (Å²) in [5.74, 6) is -0.226. The summed E-state index contributed by atoms with van der Waals surface area (Å²) in [6.45, 7) is 0.510. The van der Waals surface area contributed by atoms with E-state index in [0.717, 1.165) is 5.56 Å². The highest BCUT2D eigenvalue weighted by Crippen LogP contribution is 2.17. The van der Waals surface area contributed by atoms with Crippen molar-refractivity contribution in [1.29, 1.82) is 10.5 Å². The minimum Gasteiger partial charge on any atom is -0.338 e. The van der Waals surface area contributed by atoms with Gasteiger partial charge in [0.25, 0.3) is 0 Å². The van der Waals surface area contributed by atoms with Gasteiger partial charge < -0.3 is 4.57 Å². The first kappa shape index (κ1) is 11.0. The molecule has 1 heterocycles. The summed E-state index contributed by atoms with van der Waals surface area (Å²) in [5.41, 5.74) is 1.56. The van der Waals surface area contributed by atoms with Crippen LogP contribution in [-0.4, -0.2) is 4.57 Å². The van der Waals surface area contributed by atoms with Gasteiger partial charge in [-0.2, -0.15) is 10.5 Å². The number of nitriles is 2. The van der Waals surface area contributed by atoms with Gasteiger partial charge in [-0.25, -0.2) is 0 Å². The Kier molecular flexibility index (Phi) is 3.23. The zero-order valence-corrected chi connectivity index (χ0v) is 9.24. The lowest BCUT2D eigenvalue weighted by Crippen LogP contribution is -2.08. The third-order valence-electron chi connectivity index (χ3n) is 2.68. The molecule has 2 rings (SSSR count). The Balaban J connectivity index is 2.23. The van der Waals surface area contributed by atoms with Crippen molar-refractivity contribution in [2.24, 2.45) is 0 Å². The van der Waals surface area contributed by atoms with E-state index in [1.165, 1.54) is 0 Å². The number of benzene rings is 1. The maximum absolute atomic E-state index is 9.20. The predicted octanol–water partition coefficient (Wildman–Crippen LogP) is 2.67. The molecule has 1 atom stereocenters. The van der Waals surface area contributed by atoms with Gasteiger partial charge in [0.1, 0.15) is 11.8 Å². The van der Waals surface area contributed by atoms with Crippen LogP contribution in [0.25, 0.3) is 0 Å². The molecule has 0 saturated carbocycles. The zero-order chi connectivity index (χ0) is 12.1. The summed E-state index contributed by atoms with van der Waals surface area (Å²) in [4.78, 5) is 0. The third-order valence-corrected chi connectivity index (χ3v) is 2.68. The molecule has 0 spiro atoms. The van der Waals surface area contributed by atoms with Gasteiger partial charge in [-0.15, -0.1) is 0 Å². The molecule has 1 aromatic heterocycles. The molecule has 2 aromatic rings. The molecule has 3 heteroatoms. The molecule has 82 valence electrons. The normalized spacial score (nSPS) is 11.4. The van der Waals surface area contributed by atoms with E-state index < -0.39 is 0 Å². The molecule has 0 bridgehead atoms. The molecule has 0 fully saturated rings. The van der Waals surface area contributed by atoms with Crippen LogP contribution in [0.1, 0.15) is 17.2 Å². The van der Waals surface area contributed by atoms with Gasteiger partial charge in [0, 0.05) is 12.7 Å². The second-order valence-corrected chi connectivity index (χ2v) is 3.75. The lowest BCUT2D eigenvalue weighted by atomic mass is 10.0. The van der Waals surface area contributed by atoms with Crippen molar-refractivity contribution in [3.8, 4) is 12.1 Å². The molecule has 0 aliphatic carbocycles. The summed E-state index contributed by atoms with van der Waals surface area (Å²) >= 11 is 0. The van der Waals surface area contributed by atoms with E-state index in [0.29, 0.717) is 12.2 Å². The lowest BCUT2D eigenvalue weighted by molar-refractivity contribution is 0.643. The summed E-state index contributed by atoms with van der Waals surface area (Å²) < 4.78 is 1.81. The van der Waals surface area contributed by atoms with Crippen molar-refractivity contribution in [3.63, 3.8) is 0 Å². The van der Waals surface area contributed by atoms with Crippen molar-refractivity contribution < 1.29 is 0 Å². The molecule has 0 N–H and O–H groups in total. The number of hydrogen-bond acceptors (Lipinski definition) is 2. The van der Waals surface area contributed by atoms with Crippen LogP contribution in [0, 0.1) is 22.7 Å². The molecular formula is C14H11N3. The van der Waals surface area contributed by atoms with Crippen LogP contribution in [0.3, 0.4) is 0 Å². The largest absolute Gasteiger partial charge is 0.338 e. The Morgan fingerprint density at radius 3 is 2.47 bits per heavy atom. The van der Waals surface area contributed by atoms with Crippen molar-refractivity contribution in [3.05, 3.63) is 59.9 Å². The first-order valence-corrected chi connectivity index (χ1v) is 5.35. The number of nitrogens with zero attached hydrogens (tertiary/aromatic N) is 3. The smallest absolute Gasteiger partial charge is 0.120 e. The summed E-state index contributed by atoms with van der Waals surface area (Å²) in [5, 5.41) is 18.1. The van der Waals surface area contributed by atoms with Gasteiger partial charge in [0.2, 0.25) is 0 Å². The van der Waals surface area contributed by atoms with Crippen LogP contribution in [0.2, 0.25) is 0 Å². The lowest BCUT2D eigenvalue weighted by Gasteiger charge is -2.11. The Morgan fingerprint density at radius 2 is 1.82 bits per heavy atom. The average Bonchev–Trinajstić information content (AvgIpc) is 2.84. The van der Waals surface area contributed by atoms with Gasteiger partial charge >= 0.3 is 0 Å². The van der Waals surface area contributed by atoms with E-state index in [4.69, 9.17) is 5.26 Å². The fraction of sp³-hybridized carbons (Fsp3) is 0.143.